The van der Waals surface area contributed by atoms with Crippen molar-refractivity contribution < 1.29 is 0 Å². The SMILES string of the molecule is CNC1CC2CCC(C1)N2Cc1ccnc(C)n1. The molecule has 0 amide bonds. The van der Waals surface area contributed by atoms with Crippen LogP contribution in [-0.2, 0) is 6.54 Å². The van der Waals surface area contributed by atoms with Gasteiger partial charge in [0.2, 0.25) is 0 Å². The number of rotatable bonds is 3. The Bertz CT molecular complexity index is 406. The lowest BCUT2D eigenvalue weighted by Gasteiger charge is -2.38. The van der Waals surface area contributed by atoms with Gasteiger partial charge < -0.3 is 5.32 Å². The van der Waals surface area contributed by atoms with Crippen molar-refractivity contribution in [3.8, 4) is 0 Å². The second kappa shape index (κ2) is 4.94. The lowest BCUT2D eigenvalue weighted by Crippen LogP contribution is -2.47. The first-order valence-electron chi connectivity index (χ1n) is 6.98. The fraction of sp³-hybridized carbons (Fsp3) is 0.714. The Morgan fingerprint density at radius 1 is 1.33 bits per heavy atom. The Labute approximate surface area is 109 Å². The number of hydrogen-bond donors (Lipinski definition) is 1. The zero-order chi connectivity index (χ0) is 12.5. The lowest BCUT2D eigenvalue weighted by atomic mass is 9.97. The summed E-state index contributed by atoms with van der Waals surface area (Å²) in [5.41, 5.74) is 1.17. The third-order valence-corrected chi connectivity index (χ3v) is 4.47. The molecular weight excluding hydrogens is 224 g/mol. The highest BCUT2D eigenvalue weighted by Gasteiger charge is 2.40. The van der Waals surface area contributed by atoms with Gasteiger partial charge in [0.05, 0.1) is 5.69 Å². The van der Waals surface area contributed by atoms with Crippen LogP contribution in [-0.4, -0.2) is 40.0 Å². The van der Waals surface area contributed by atoms with Gasteiger partial charge in [0.15, 0.2) is 0 Å². The summed E-state index contributed by atoms with van der Waals surface area (Å²) >= 11 is 0. The van der Waals surface area contributed by atoms with Crippen molar-refractivity contribution in [2.24, 2.45) is 0 Å². The topological polar surface area (TPSA) is 41.0 Å². The monoisotopic (exact) mass is 246 g/mol. The summed E-state index contributed by atoms with van der Waals surface area (Å²) in [6.07, 6.45) is 7.16. The minimum absolute atomic E-state index is 0.714. The number of aryl methyl sites for hydroxylation is 1. The molecule has 1 aromatic heterocycles. The molecule has 2 aliphatic rings. The average molecular weight is 246 g/mol. The Kier molecular flexibility index (Phi) is 3.31. The van der Waals surface area contributed by atoms with E-state index in [9.17, 15) is 0 Å². The van der Waals surface area contributed by atoms with Gasteiger partial charge in [0.25, 0.3) is 0 Å². The third-order valence-electron chi connectivity index (χ3n) is 4.47. The number of aromatic nitrogens is 2. The van der Waals surface area contributed by atoms with Gasteiger partial charge in [-0.25, -0.2) is 9.97 Å². The lowest BCUT2D eigenvalue weighted by molar-refractivity contribution is 0.110. The molecule has 3 rings (SSSR count). The zero-order valence-corrected chi connectivity index (χ0v) is 11.3. The summed E-state index contributed by atoms with van der Waals surface area (Å²) in [6.45, 7) is 2.96. The molecule has 2 aliphatic heterocycles. The van der Waals surface area contributed by atoms with Crippen molar-refractivity contribution in [1.82, 2.24) is 20.2 Å². The van der Waals surface area contributed by atoms with Gasteiger partial charge in [0, 0.05) is 30.9 Å². The molecule has 3 heterocycles. The Morgan fingerprint density at radius 2 is 2.06 bits per heavy atom. The minimum Gasteiger partial charge on any atom is -0.317 e. The highest BCUT2D eigenvalue weighted by molar-refractivity contribution is 5.05. The van der Waals surface area contributed by atoms with E-state index in [0.717, 1.165) is 24.5 Å². The van der Waals surface area contributed by atoms with Gasteiger partial charge >= 0.3 is 0 Å². The molecule has 0 aliphatic carbocycles. The smallest absolute Gasteiger partial charge is 0.125 e. The Morgan fingerprint density at radius 3 is 2.67 bits per heavy atom. The second-order valence-electron chi connectivity index (χ2n) is 5.61. The molecule has 2 fully saturated rings. The van der Waals surface area contributed by atoms with E-state index >= 15 is 0 Å². The summed E-state index contributed by atoms with van der Waals surface area (Å²) in [5.74, 6) is 0.880. The fourth-order valence-corrected chi connectivity index (χ4v) is 3.55. The van der Waals surface area contributed by atoms with E-state index in [1.807, 2.05) is 13.1 Å². The fourth-order valence-electron chi connectivity index (χ4n) is 3.55. The average Bonchev–Trinajstić information content (AvgIpc) is 2.62. The number of nitrogens with one attached hydrogen (secondary N) is 1. The van der Waals surface area contributed by atoms with Crippen LogP contribution in [0.2, 0.25) is 0 Å². The molecule has 0 aromatic carbocycles. The molecule has 0 spiro atoms. The molecule has 0 saturated carbocycles. The summed E-state index contributed by atoms with van der Waals surface area (Å²) in [5, 5.41) is 3.45. The summed E-state index contributed by atoms with van der Waals surface area (Å²) in [7, 11) is 2.09. The van der Waals surface area contributed by atoms with Crippen molar-refractivity contribution in [2.75, 3.05) is 7.05 Å². The van der Waals surface area contributed by atoms with Crippen molar-refractivity contribution in [2.45, 2.75) is 57.3 Å². The van der Waals surface area contributed by atoms with Crippen LogP contribution in [0.25, 0.3) is 0 Å². The minimum atomic E-state index is 0.714. The van der Waals surface area contributed by atoms with E-state index in [-0.39, 0.29) is 0 Å². The van der Waals surface area contributed by atoms with Crippen molar-refractivity contribution >= 4 is 0 Å². The molecule has 2 unspecified atom stereocenters. The number of hydrogen-bond acceptors (Lipinski definition) is 4. The first kappa shape index (κ1) is 12.1. The standard InChI is InChI=1S/C14H22N4/c1-10-16-6-5-11(17-10)9-18-13-3-4-14(18)8-12(7-13)15-2/h5-6,12-15H,3-4,7-9H2,1-2H3. The van der Waals surface area contributed by atoms with Crippen molar-refractivity contribution in [1.29, 1.82) is 0 Å². The Balaban J connectivity index is 1.71. The maximum Gasteiger partial charge on any atom is 0.125 e. The van der Waals surface area contributed by atoms with Crippen LogP contribution in [0.15, 0.2) is 12.3 Å². The first-order chi connectivity index (χ1) is 8.76. The molecule has 2 bridgehead atoms. The van der Waals surface area contributed by atoms with Crippen LogP contribution in [0.1, 0.15) is 37.2 Å². The predicted octanol–water partition coefficient (Wildman–Crippen LogP) is 1.50. The van der Waals surface area contributed by atoms with Crippen molar-refractivity contribution in [3.63, 3.8) is 0 Å². The maximum absolute atomic E-state index is 4.53. The summed E-state index contributed by atoms with van der Waals surface area (Å²) in [6, 6.07) is 4.26. The maximum atomic E-state index is 4.53. The van der Waals surface area contributed by atoms with Crippen LogP contribution in [0.4, 0.5) is 0 Å². The van der Waals surface area contributed by atoms with Crippen LogP contribution < -0.4 is 5.32 Å². The number of fused-ring (bicyclic) bond motifs is 2. The molecule has 0 radical (unpaired) electrons. The van der Waals surface area contributed by atoms with E-state index in [1.165, 1.54) is 31.4 Å². The van der Waals surface area contributed by atoms with Crippen LogP contribution in [0, 0.1) is 6.92 Å². The third kappa shape index (κ3) is 2.27. The highest BCUT2D eigenvalue weighted by atomic mass is 15.2. The van der Waals surface area contributed by atoms with E-state index in [0.29, 0.717) is 6.04 Å². The van der Waals surface area contributed by atoms with E-state index in [1.54, 1.807) is 0 Å². The Hall–Kier alpha value is -1.00. The van der Waals surface area contributed by atoms with Crippen LogP contribution in [0.3, 0.4) is 0 Å². The van der Waals surface area contributed by atoms with Gasteiger partial charge in [-0.05, 0) is 45.7 Å². The molecular formula is C14H22N4. The molecule has 4 heteroatoms. The highest BCUT2D eigenvalue weighted by Crippen LogP contribution is 2.36. The van der Waals surface area contributed by atoms with Crippen LogP contribution in [0.5, 0.6) is 0 Å². The number of piperidine rings is 1. The van der Waals surface area contributed by atoms with Gasteiger partial charge in [-0.2, -0.15) is 0 Å². The van der Waals surface area contributed by atoms with E-state index in [4.69, 9.17) is 0 Å². The normalized spacial score (nSPS) is 31.8. The summed E-state index contributed by atoms with van der Waals surface area (Å²) in [4.78, 5) is 11.4. The largest absolute Gasteiger partial charge is 0.317 e. The molecule has 4 nitrogen and oxygen atoms in total. The van der Waals surface area contributed by atoms with Crippen LogP contribution >= 0.6 is 0 Å². The molecule has 1 aromatic rings. The van der Waals surface area contributed by atoms with Gasteiger partial charge in [-0.1, -0.05) is 0 Å². The quantitative estimate of drug-likeness (QED) is 0.877. The zero-order valence-electron chi connectivity index (χ0n) is 11.3. The summed E-state index contributed by atoms with van der Waals surface area (Å²) < 4.78 is 0. The molecule has 2 saturated heterocycles. The predicted molar refractivity (Wildman–Crippen MR) is 71.2 cm³/mol. The van der Waals surface area contributed by atoms with E-state index in [2.05, 4.69) is 33.3 Å². The number of nitrogens with zero attached hydrogens (tertiary/aromatic N) is 3. The second-order valence-corrected chi connectivity index (χ2v) is 5.61. The molecule has 18 heavy (non-hydrogen) atoms. The van der Waals surface area contributed by atoms with Gasteiger partial charge in [0.1, 0.15) is 5.82 Å². The molecule has 98 valence electrons. The van der Waals surface area contributed by atoms with E-state index < -0.39 is 0 Å². The first-order valence-corrected chi connectivity index (χ1v) is 6.98. The van der Waals surface area contributed by atoms with Crippen molar-refractivity contribution in [3.05, 3.63) is 23.8 Å². The molecule has 1 N–H and O–H groups in total. The molecule has 2 atom stereocenters. The van der Waals surface area contributed by atoms with Gasteiger partial charge in [-0.15, -0.1) is 0 Å². The van der Waals surface area contributed by atoms with Gasteiger partial charge in [-0.3, -0.25) is 4.90 Å².